The Morgan fingerprint density at radius 2 is 1.79 bits per heavy atom. The summed E-state index contributed by atoms with van der Waals surface area (Å²) >= 11 is 4.37. The summed E-state index contributed by atoms with van der Waals surface area (Å²) < 4.78 is 5.16. The number of ether oxygens (including phenoxy) is 1. The lowest BCUT2D eigenvalue weighted by molar-refractivity contribution is 0.405. The van der Waals surface area contributed by atoms with Crippen LogP contribution in [0.1, 0.15) is 5.56 Å². The summed E-state index contributed by atoms with van der Waals surface area (Å²) in [4.78, 5) is 0.759. The molecule has 0 atom stereocenters. The molecule has 0 bridgehead atoms. The van der Waals surface area contributed by atoms with Gasteiger partial charge >= 0.3 is 0 Å². The van der Waals surface area contributed by atoms with E-state index in [1.165, 1.54) is 0 Å². The number of amidine groups is 1. The Bertz CT molecular complexity index is 641. The lowest BCUT2D eigenvalue weighted by Crippen LogP contribution is -2.13. The molecule has 0 aliphatic heterocycles. The Kier molecular flexibility index (Phi) is 3.66. The van der Waals surface area contributed by atoms with Crippen molar-refractivity contribution in [1.29, 1.82) is 5.41 Å². The lowest BCUT2D eigenvalue weighted by atomic mass is 10.0. The van der Waals surface area contributed by atoms with Gasteiger partial charge in [-0.15, -0.1) is 12.6 Å². The standard InChI is InChI=1S/C14H15N3OS/c1-18-12-5-3-9(7-13(12)19)8-2-4-10(14(16)17)11(15)6-8/h2-7,19H,15H2,1H3,(H3,16,17). The first kappa shape index (κ1) is 13.3. The van der Waals surface area contributed by atoms with Crippen molar-refractivity contribution in [2.75, 3.05) is 12.8 Å². The fraction of sp³-hybridized carbons (Fsp3) is 0.0714. The number of benzene rings is 2. The molecule has 0 fully saturated rings. The number of rotatable bonds is 3. The molecular formula is C14H15N3OS. The zero-order valence-corrected chi connectivity index (χ0v) is 11.4. The van der Waals surface area contributed by atoms with Gasteiger partial charge in [0.2, 0.25) is 0 Å². The summed E-state index contributed by atoms with van der Waals surface area (Å²) in [6, 6.07) is 11.1. The molecule has 0 saturated carbocycles. The van der Waals surface area contributed by atoms with Gasteiger partial charge in [0.05, 0.1) is 7.11 Å². The van der Waals surface area contributed by atoms with Gasteiger partial charge in [0.15, 0.2) is 0 Å². The third kappa shape index (κ3) is 2.66. The number of nitrogens with one attached hydrogen (secondary N) is 1. The first-order valence-corrected chi connectivity index (χ1v) is 6.09. The highest BCUT2D eigenvalue weighted by atomic mass is 32.1. The van der Waals surface area contributed by atoms with E-state index in [1.807, 2.05) is 24.3 Å². The van der Waals surface area contributed by atoms with Gasteiger partial charge in [-0.1, -0.05) is 12.1 Å². The summed E-state index contributed by atoms with van der Waals surface area (Å²) in [6.45, 7) is 0. The third-order valence-corrected chi connectivity index (χ3v) is 3.20. The molecule has 2 aromatic carbocycles. The molecule has 0 aliphatic carbocycles. The molecule has 4 nitrogen and oxygen atoms in total. The van der Waals surface area contributed by atoms with E-state index < -0.39 is 0 Å². The minimum absolute atomic E-state index is 0.0336. The quantitative estimate of drug-likeness (QED) is 0.300. The topological polar surface area (TPSA) is 85.1 Å². The zero-order chi connectivity index (χ0) is 14.0. The van der Waals surface area contributed by atoms with Gasteiger partial charge in [0, 0.05) is 16.1 Å². The van der Waals surface area contributed by atoms with Crippen LogP contribution in [0, 0.1) is 5.41 Å². The van der Waals surface area contributed by atoms with Gasteiger partial charge in [-0.3, -0.25) is 5.41 Å². The van der Waals surface area contributed by atoms with E-state index in [4.69, 9.17) is 21.6 Å². The largest absolute Gasteiger partial charge is 0.496 e. The Hall–Kier alpha value is -2.14. The van der Waals surface area contributed by atoms with E-state index in [9.17, 15) is 0 Å². The normalized spacial score (nSPS) is 10.2. The highest BCUT2D eigenvalue weighted by Crippen LogP contribution is 2.30. The van der Waals surface area contributed by atoms with Crippen LogP contribution >= 0.6 is 12.6 Å². The van der Waals surface area contributed by atoms with Crippen molar-refractivity contribution in [3.05, 3.63) is 42.0 Å². The summed E-state index contributed by atoms with van der Waals surface area (Å²) in [5.41, 5.74) is 14.3. The molecule has 0 aliphatic rings. The first-order valence-electron chi connectivity index (χ1n) is 5.64. The molecule has 0 radical (unpaired) electrons. The van der Waals surface area contributed by atoms with Crippen LogP contribution in [0.5, 0.6) is 5.75 Å². The molecule has 2 aromatic rings. The maximum atomic E-state index is 7.41. The van der Waals surface area contributed by atoms with Crippen LogP contribution in [0.2, 0.25) is 0 Å². The molecule has 19 heavy (non-hydrogen) atoms. The fourth-order valence-electron chi connectivity index (χ4n) is 1.86. The predicted octanol–water partition coefficient (Wildman–Crippen LogP) is 2.52. The van der Waals surface area contributed by atoms with Crippen molar-refractivity contribution in [3.8, 4) is 16.9 Å². The van der Waals surface area contributed by atoms with Crippen LogP contribution < -0.4 is 16.2 Å². The second kappa shape index (κ2) is 5.24. The molecule has 98 valence electrons. The molecule has 0 unspecified atom stereocenters. The summed E-state index contributed by atoms with van der Waals surface area (Å²) in [5, 5.41) is 7.41. The molecule has 5 heteroatoms. The van der Waals surface area contributed by atoms with E-state index in [0.717, 1.165) is 21.8 Å². The molecule has 0 saturated heterocycles. The first-order chi connectivity index (χ1) is 9.02. The Morgan fingerprint density at radius 3 is 2.32 bits per heavy atom. The highest BCUT2D eigenvalue weighted by Gasteiger charge is 2.07. The molecule has 2 rings (SSSR count). The lowest BCUT2D eigenvalue weighted by Gasteiger charge is -2.09. The maximum Gasteiger partial charge on any atom is 0.132 e. The van der Waals surface area contributed by atoms with Crippen LogP contribution in [0.25, 0.3) is 11.1 Å². The molecule has 0 heterocycles. The van der Waals surface area contributed by atoms with E-state index in [-0.39, 0.29) is 5.84 Å². The van der Waals surface area contributed by atoms with Gasteiger partial charge in [0.25, 0.3) is 0 Å². The van der Waals surface area contributed by atoms with Crippen molar-refractivity contribution >= 4 is 24.2 Å². The third-order valence-electron chi connectivity index (χ3n) is 2.85. The Labute approximate surface area is 117 Å². The second-order valence-corrected chi connectivity index (χ2v) is 4.58. The van der Waals surface area contributed by atoms with Gasteiger partial charge in [-0.25, -0.2) is 0 Å². The minimum atomic E-state index is -0.0336. The van der Waals surface area contributed by atoms with Crippen molar-refractivity contribution in [2.24, 2.45) is 5.73 Å². The number of hydrogen-bond acceptors (Lipinski definition) is 4. The van der Waals surface area contributed by atoms with Gasteiger partial charge < -0.3 is 16.2 Å². The highest BCUT2D eigenvalue weighted by molar-refractivity contribution is 7.80. The van der Waals surface area contributed by atoms with Crippen molar-refractivity contribution < 1.29 is 4.74 Å². The van der Waals surface area contributed by atoms with Gasteiger partial charge in [-0.2, -0.15) is 0 Å². The van der Waals surface area contributed by atoms with Crippen LogP contribution in [0.3, 0.4) is 0 Å². The van der Waals surface area contributed by atoms with E-state index in [1.54, 1.807) is 19.2 Å². The molecular weight excluding hydrogens is 258 g/mol. The molecule has 5 N–H and O–H groups in total. The summed E-state index contributed by atoms with van der Waals surface area (Å²) in [7, 11) is 1.61. The average Bonchev–Trinajstić information content (AvgIpc) is 2.38. The fourth-order valence-corrected chi connectivity index (χ4v) is 2.16. The number of nitrogens with two attached hydrogens (primary N) is 2. The maximum absolute atomic E-state index is 7.41. The summed E-state index contributed by atoms with van der Waals surface area (Å²) in [5.74, 6) is 0.689. The molecule has 0 amide bonds. The number of anilines is 1. The molecule has 0 spiro atoms. The second-order valence-electron chi connectivity index (χ2n) is 4.10. The number of hydrogen-bond donors (Lipinski definition) is 4. The van der Waals surface area contributed by atoms with Gasteiger partial charge in [0.1, 0.15) is 11.6 Å². The monoisotopic (exact) mass is 273 g/mol. The van der Waals surface area contributed by atoms with Crippen LogP contribution in [0.4, 0.5) is 5.69 Å². The average molecular weight is 273 g/mol. The Morgan fingerprint density at radius 1 is 1.16 bits per heavy atom. The minimum Gasteiger partial charge on any atom is -0.496 e. The smallest absolute Gasteiger partial charge is 0.132 e. The Balaban J connectivity index is 2.45. The van der Waals surface area contributed by atoms with Crippen molar-refractivity contribution in [2.45, 2.75) is 4.90 Å². The van der Waals surface area contributed by atoms with Gasteiger partial charge in [-0.05, 0) is 35.4 Å². The number of nitrogen functional groups attached to an aromatic ring is 2. The van der Waals surface area contributed by atoms with E-state index >= 15 is 0 Å². The van der Waals surface area contributed by atoms with Crippen molar-refractivity contribution in [3.63, 3.8) is 0 Å². The predicted molar refractivity (Wildman–Crippen MR) is 81.1 cm³/mol. The van der Waals surface area contributed by atoms with Crippen LogP contribution in [-0.2, 0) is 0 Å². The SMILES string of the molecule is COc1ccc(-c2ccc(C(=N)N)c(N)c2)cc1S. The van der Waals surface area contributed by atoms with Crippen molar-refractivity contribution in [1.82, 2.24) is 0 Å². The van der Waals surface area contributed by atoms with E-state index in [0.29, 0.717) is 11.3 Å². The van der Waals surface area contributed by atoms with Crippen LogP contribution in [0.15, 0.2) is 41.3 Å². The van der Waals surface area contributed by atoms with E-state index in [2.05, 4.69) is 12.6 Å². The van der Waals surface area contributed by atoms with Crippen LogP contribution in [-0.4, -0.2) is 12.9 Å². The summed E-state index contributed by atoms with van der Waals surface area (Å²) in [6.07, 6.45) is 0. The number of methoxy groups -OCH3 is 1. The zero-order valence-electron chi connectivity index (χ0n) is 10.5. The molecule has 0 aromatic heterocycles. The number of thiol groups is 1.